The maximum absolute atomic E-state index is 13.8. The van der Waals surface area contributed by atoms with Crippen LogP contribution in [-0.4, -0.2) is 29.6 Å². The van der Waals surface area contributed by atoms with Crippen LogP contribution in [0, 0.1) is 11.7 Å². The zero-order valence-electron chi connectivity index (χ0n) is 10.9. The summed E-state index contributed by atoms with van der Waals surface area (Å²) in [6.07, 6.45) is 5.58. The molecular formula is C13H21FN4. The minimum absolute atomic E-state index is 0.304. The van der Waals surface area contributed by atoms with E-state index in [2.05, 4.69) is 20.6 Å². The number of hydrogen-bond donors (Lipinski definition) is 2. The van der Waals surface area contributed by atoms with E-state index in [9.17, 15) is 4.39 Å². The fourth-order valence-corrected chi connectivity index (χ4v) is 2.34. The summed E-state index contributed by atoms with van der Waals surface area (Å²) in [4.78, 5) is 7.88. The molecule has 2 N–H and O–H groups in total. The van der Waals surface area contributed by atoms with Gasteiger partial charge in [-0.3, -0.25) is 0 Å². The third kappa shape index (κ3) is 3.38. The van der Waals surface area contributed by atoms with Crippen LogP contribution < -0.4 is 10.6 Å². The fourth-order valence-electron chi connectivity index (χ4n) is 2.34. The molecule has 1 aromatic heterocycles. The molecule has 100 valence electrons. The molecule has 0 radical (unpaired) electrons. The molecule has 1 fully saturated rings. The summed E-state index contributed by atoms with van der Waals surface area (Å²) in [5.74, 6) is 0.731. The van der Waals surface area contributed by atoms with Gasteiger partial charge in [-0.25, -0.2) is 14.4 Å². The lowest BCUT2D eigenvalue weighted by atomic mass is 9.96. The van der Waals surface area contributed by atoms with Crippen LogP contribution in [0.1, 0.15) is 31.9 Å². The molecule has 4 nitrogen and oxygen atoms in total. The van der Waals surface area contributed by atoms with Gasteiger partial charge in [-0.2, -0.15) is 0 Å². The van der Waals surface area contributed by atoms with Crippen LogP contribution in [0.2, 0.25) is 0 Å². The molecule has 0 saturated carbocycles. The smallest absolute Gasteiger partial charge is 0.186 e. The molecule has 2 rings (SSSR count). The first-order valence-electron chi connectivity index (χ1n) is 6.75. The average Bonchev–Trinajstić information content (AvgIpc) is 2.42. The Bertz CT molecular complexity index is 377. The van der Waals surface area contributed by atoms with Crippen molar-refractivity contribution in [2.24, 2.45) is 5.92 Å². The van der Waals surface area contributed by atoms with Crippen molar-refractivity contribution in [1.82, 2.24) is 15.3 Å². The van der Waals surface area contributed by atoms with E-state index in [-0.39, 0.29) is 5.82 Å². The highest BCUT2D eigenvalue weighted by Gasteiger charge is 2.13. The maximum atomic E-state index is 13.8. The molecule has 18 heavy (non-hydrogen) atoms. The summed E-state index contributed by atoms with van der Waals surface area (Å²) in [5, 5.41) is 6.47. The molecule has 1 aromatic rings. The number of rotatable bonds is 5. The summed E-state index contributed by atoms with van der Waals surface area (Å²) in [6.45, 7) is 4.87. The van der Waals surface area contributed by atoms with Crippen molar-refractivity contribution >= 4 is 5.82 Å². The van der Waals surface area contributed by atoms with E-state index in [1.807, 2.05) is 6.92 Å². The molecule has 0 spiro atoms. The van der Waals surface area contributed by atoms with Crippen LogP contribution >= 0.6 is 0 Å². The number of halogens is 1. The van der Waals surface area contributed by atoms with Gasteiger partial charge in [0.15, 0.2) is 11.6 Å². The molecular weight excluding hydrogens is 231 g/mol. The van der Waals surface area contributed by atoms with Gasteiger partial charge in [0.05, 0.1) is 5.69 Å². The second-order valence-electron chi connectivity index (χ2n) is 4.76. The Morgan fingerprint density at radius 2 is 2.39 bits per heavy atom. The van der Waals surface area contributed by atoms with Crippen LogP contribution in [0.25, 0.3) is 0 Å². The standard InChI is InChI=1S/C13H21FN4/c1-2-11-12(14)13(18-9-17-11)16-7-5-10-4-3-6-15-8-10/h9-10,15H,2-8H2,1H3,(H,16,17,18). The highest BCUT2D eigenvalue weighted by Crippen LogP contribution is 2.16. The van der Waals surface area contributed by atoms with Gasteiger partial charge in [-0.05, 0) is 44.7 Å². The molecule has 2 heterocycles. The molecule has 1 atom stereocenters. The Morgan fingerprint density at radius 1 is 1.50 bits per heavy atom. The maximum Gasteiger partial charge on any atom is 0.186 e. The number of anilines is 1. The number of piperidine rings is 1. The van der Waals surface area contributed by atoms with Crippen molar-refractivity contribution in [3.05, 3.63) is 17.8 Å². The first-order valence-corrected chi connectivity index (χ1v) is 6.75. The highest BCUT2D eigenvalue weighted by atomic mass is 19.1. The number of nitrogens with one attached hydrogen (secondary N) is 2. The third-order valence-corrected chi connectivity index (χ3v) is 3.44. The van der Waals surface area contributed by atoms with Gasteiger partial charge in [-0.1, -0.05) is 6.92 Å². The van der Waals surface area contributed by atoms with E-state index in [4.69, 9.17) is 0 Å². The molecule has 1 saturated heterocycles. The van der Waals surface area contributed by atoms with Gasteiger partial charge in [0.25, 0.3) is 0 Å². The van der Waals surface area contributed by atoms with Crippen molar-refractivity contribution in [1.29, 1.82) is 0 Å². The SMILES string of the molecule is CCc1ncnc(NCCC2CCCNC2)c1F. The summed E-state index contributed by atoms with van der Waals surface area (Å²) in [5.41, 5.74) is 0.479. The lowest BCUT2D eigenvalue weighted by molar-refractivity contribution is 0.364. The predicted octanol–water partition coefficient (Wildman–Crippen LogP) is 1.98. The van der Waals surface area contributed by atoms with E-state index >= 15 is 0 Å². The van der Waals surface area contributed by atoms with Crippen LogP contribution in [-0.2, 0) is 6.42 Å². The van der Waals surface area contributed by atoms with Crippen molar-refractivity contribution in [2.45, 2.75) is 32.6 Å². The molecule has 1 aliphatic heterocycles. The van der Waals surface area contributed by atoms with Crippen LogP contribution in [0.4, 0.5) is 10.2 Å². The Kier molecular flexibility index (Phi) is 4.87. The van der Waals surface area contributed by atoms with Crippen LogP contribution in [0.3, 0.4) is 0 Å². The average molecular weight is 252 g/mol. The minimum Gasteiger partial charge on any atom is -0.368 e. The first-order chi connectivity index (χ1) is 8.81. The summed E-state index contributed by atoms with van der Waals surface area (Å²) < 4.78 is 13.8. The molecule has 0 bridgehead atoms. The quantitative estimate of drug-likeness (QED) is 0.841. The van der Waals surface area contributed by atoms with Gasteiger partial charge >= 0.3 is 0 Å². The first kappa shape index (κ1) is 13.2. The molecule has 5 heteroatoms. The van der Waals surface area contributed by atoms with Crippen molar-refractivity contribution in [3.63, 3.8) is 0 Å². The van der Waals surface area contributed by atoms with E-state index in [1.54, 1.807) is 0 Å². The van der Waals surface area contributed by atoms with Gasteiger partial charge < -0.3 is 10.6 Å². The van der Waals surface area contributed by atoms with Crippen LogP contribution in [0.15, 0.2) is 6.33 Å². The largest absolute Gasteiger partial charge is 0.368 e. The summed E-state index contributed by atoms with van der Waals surface area (Å²) >= 11 is 0. The number of aromatic nitrogens is 2. The predicted molar refractivity (Wildman–Crippen MR) is 70.1 cm³/mol. The summed E-state index contributed by atoms with van der Waals surface area (Å²) in [7, 11) is 0. The fraction of sp³-hybridized carbons (Fsp3) is 0.692. The molecule has 0 aromatic carbocycles. The van der Waals surface area contributed by atoms with Gasteiger partial charge in [0.2, 0.25) is 0 Å². The Labute approximate surface area is 107 Å². The van der Waals surface area contributed by atoms with E-state index in [0.29, 0.717) is 23.9 Å². The zero-order chi connectivity index (χ0) is 12.8. The monoisotopic (exact) mass is 252 g/mol. The number of hydrogen-bond acceptors (Lipinski definition) is 4. The number of aryl methyl sites for hydroxylation is 1. The normalized spacial score (nSPS) is 19.8. The highest BCUT2D eigenvalue weighted by molar-refractivity contribution is 5.37. The zero-order valence-corrected chi connectivity index (χ0v) is 10.9. The van der Waals surface area contributed by atoms with Crippen LogP contribution in [0.5, 0.6) is 0 Å². The Morgan fingerprint density at radius 3 is 3.11 bits per heavy atom. The molecule has 0 amide bonds. The van der Waals surface area contributed by atoms with Crippen molar-refractivity contribution in [3.8, 4) is 0 Å². The lowest BCUT2D eigenvalue weighted by Crippen LogP contribution is -2.30. The van der Waals surface area contributed by atoms with Gasteiger partial charge in [-0.15, -0.1) is 0 Å². The third-order valence-electron chi connectivity index (χ3n) is 3.44. The second kappa shape index (κ2) is 6.64. The Balaban J connectivity index is 1.82. The minimum atomic E-state index is -0.304. The Hall–Kier alpha value is -1.23. The van der Waals surface area contributed by atoms with Crippen molar-refractivity contribution in [2.75, 3.05) is 25.0 Å². The second-order valence-corrected chi connectivity index (χ2v) is 4.76. The van der Waals surface area contributed by atoms with Gasteiger partial charge in [0.1, 0.15) is 6.33 Å². The molecule has 1 unspecified atom stereocenters. The number of nitrogens with zero attached hydrogens (tertiary/aromatic N) is 2. The molecule has 0 aliphatic carbocycles. The van der Waals surface area contributed by atoms with E-state index < -0.39 is 0 Å². The molecule has 1 aliphatic rings. The van der Waals surface area contributed by atoms with E-state index in [0.717, 1.165) is 26.1 Å². The summed E-state index contributed by atoms with van der Waals surface area (Å²) in [6, 6.07) is 0. The van der Waals surface area contributed by atoms with E-state index in [1.165, 1.54) is 19.2 Å². The topological polar surface area (TPSA) is 49.8 Å². The van der Waals surface area contributed by atoms with Gasteiger partial charge in [0, 0.05) is 6.54 Å². The lowest BCUT2D eigenvalue weighted by Gasteiger charge is -2.22. The van der Waals surface area contributed by atoms with Crippen molar-refractivity contribution < 1.29 is 4.39 Å².